The van der Waals surface area contributed by atoms with Gasteiger partial charge in [-0.05, 0) is 30.9 Å². The Morgan fingerprint density at radius 1 is 1.31 bits per heavy atom. The maximum atomic E-state index is 13.3. The van der Waals surface area contributed by atoms with E-state index in [0.717, 1.165) is 12.5 Å². The van der Waals surface area contributed by atoms with Crippen molar-refractivity contribution in [2.45, 2.75) is 57.6 Å². The van der Waals surface area contributed by atoms with Crippen LogP contribution in [0.25, 0.3) is 0 Å². The van der Waals surface area contributed by atoms with Gasteiger partial charge in [-0.3, -0.25) is 4.90 Å². The minimum absolute atomic E-state index is 0.250. The number of amides is 2. The van der Waals surface area contributed by atoms with Gasteiger partial charge in [0.15, 0.2) is 0 Å². The fourth-order valence-electron chi connectivity index (χ4n) is 3.03. The van der Waals surface area contributed by atoms with Crippen molar-refractivity contribution in [1.29, 1.82) is 0 Å². The van der Waals surface area contributed by atoms with Crippen LogP contribution in [0.2, 0.25) is 0 Å². The summed E-state index contributed by atoms with van der Waals surface area (Å²) in [5.74, 6) is 0.0908. The number of carbonyl (C=O) groups excluding carboxylic acids is 2. The molecule has 29 heavy (non-hydrogen) atoms. The maximum absolute atomic E-state index is 13.3. The number of para-hydroxylation sites is 1. The molecule has 2 amide bonds. The largest absolute Gasteiger partial charge is 0.464 e. The van der Waals surface area contributed by atoms with Crippen LogP contribution in [0.4, 0.5) is 23.7 Å². The average molecular weight is 433 g/mol. The maximum Gasteiger partial charge on any atom is 0.418 e. The smallest absolute Gasteiger partial charge is 0.418 e. The molecule has 0 spiro atoms. The van der Waals surface area contributed by atoms with E-state index in [2.05, 4.69) is 5.32 Å². The zero-order valence-corrected chi connectivity index (χ0v) is 17.6. The summed E-state index contributed by atoms with van der Waals surface area (Å²) in [4.78, 5) is 26.8. The van der Waals surface area contributed by atoms with Crippen molar-refractivity contribution in [2.75, 3.05) is 17.7 Å². The molecule has 1 N–H and O–H groups in total. The van der Waals surface area contributed by atoms with Gasteiger partial charge in [0.1, 0.15) is 6.04 Å². The molecule has 5 nitrogen and oxygen atoms in total. The number of alkyl halides is 3. The standard InChI is InChI=1S/C20H27F3N2O3S/c1-4-5-10-28-18(26)16-12-29-17(11-13(2)3)25(16)19(27)24-15-9-7-6-8-14(15)20(21,22)23/h6-9,13,16-17H,4-5,10-12H2,1-3H3,(H,24,27). The molecule has 2 atom stereocenters. The summed E-state index contributed by atoms with van der Waals surface area (Å²) in [5, 5.41) is 2.05. The number of urea groups is 1. The highest BCUT2D eigenvalue weighted by molar-refractivity contribution is 8.00. The number of nitrogens with zero attached hydrogens (tertiary/aromatic N) is 1. The summed E-state index contributed by atoms with van der Waals surface area (Å²) in [6, 6.07) is 3.26. The van der Waals surface area contributed by atoms with E-state index in [9.17, 15) is 22.8 Å². The molecule has 2 rings (SSSR count). The highest BCUT2D eigenvalue weighted by Gasteiger charge is 2.43. The molecule has 9 heteroatoms. The van der Waals surface area contributed by atoms with Gasteiger partial charge in [0.2, 0.25) is 0 Å². The van der Waals surface area contributed by atoms with Gasteiger partial charge in [-0.1, -0.05) is 39.3 Å². The lowest BCUT2D eigenvalue weighted by atomic mass is 10.1. The third-order valence-electron chi connectivity index (χ3n) is 4.49. The van der Waals surface area contributed by atoms with Crippen LogP contribution in [-0.2, 0) is 15.7 Å². The van der Waals surface area contributed by atoms with E-state index in [1.807, 2.05) is 20.8 Å². The van der Waals surface area contributed by atoms with E-state index in [1.54, 1.807) is 0 Å². The molecule has 1 aliphatic heterocycles. The van der Waals surface area contributed by atoms with Gasteiger partial charge in [0.25, 0.3) is 0 Å². The van der Waals surface area contributed by atoms with Crippen molar-refractivity contribution >= 4 is 29.4 Å². The fraction of sp³-hybridized carbons (Fsp3) is 0.600. The molecule has 162 valence electrons. The van der Waals surface area contributed by atoms with Crippen LogP contribution in [0.3, 0.4) is 0 Å². The van der Waals surface area contributed by atoms with Crippen LogP contribution in [0.5, 0.6) is 0 Å². The van der Waals surface area contributed by atoms with E-state index in [4.69, 9.17) is 4.74 Å². The van der Waals surface area contributed by atoms with Gasteiger partial charge in [-0.25, -0.2) is 9.59 Å². The second-order valence-electron chi connectivity index (χ2n) is 7.34. The number of halogens is 3. The number of ether oxygens (including phenoxy) is 1. The summed E-state index contributed by atoms with van der Waals surface area (Å²) in [6.45, 7) is 6.21. The van der Waals surface area contributed by atoms with Crippen LogP contribution in [-0.4, -0.2) is 40.7 Å². The summed E-state index contributed by atoms with van der Waals surface area (Å²) >= 11 is 1.45. The van der Waals surface area contributed by atoms with Gasteiger partial charge in [-0.15, -0.1) is 11.8 Å². The Hall–Kier alpha value is -1.90. The Morgan fingerprint density at radius 2 is 2.00 bits per heavy atom. The summed E-state index contributed by atoms with van der Waals surface area (Å²) < 4.78 is 45.1. The van der Waals surface area contributed by atoms with E-state index < -0.39 is 29.8 Å². The third kappa shape index (κ3) is 6.29. The van der Waals surface area contributed by atoms with Crippen LogP contribution in [0, 0.1) is 5.92 Å². The van der Waals surface area contributed by atoms with Crippen LogP contribution in [0.1, 0.15) is 45.6 Å². The number of hydrogen-bond donors (Lipinski definition) is 1. The first kappa shape index (κ1) is 23.4. The zero-order chi connectivity index (χ0) is 21.6. The zero-order valence-electron chi connectivity index (χ0n) is 16.8. The minimum atomic E-state index is -4.60. The molecular formula is C20H27F3N2O3S. The second kappa shape index (κ2) is 10.2. The van der Waals surface area contributed by atoms with Gasteiger partial charge in [0.05, 0.1) is 23.2 Å². The molecular weight excluding hydrogens is 405 g/mol. The van der Waals surface area contributed by atoms with Crippen molar-refractivity contribution < 1.29 is 27.5 Å². The Kier molecular flexibility index (Phi) is 8.24. The van der Waals surface area contributed by atoms with Crippen molar-refractivity contribution in [3.05, 3.63) is 29.8 Å². The Balaban J connectivity index is 2.23. The molecule has 1 aromatic carbocycles. The van der Waals surface area contributed by atoms with Gasteiger partial charge < -0.3 is 10.1 Å². The normalized spacial score (nSPS) is 19.5. The number of benzene rings is 1. The molecule has 2 unspecified atom stereocenters. The average Bonchev–Trinajstić information content (AvgIpc) is 3.04. The molecule has 1 heterocycles. The van der Waals surface area contributed by atoms with Crippen molar-refractivity contribution in [1.82, 2.24) is 4.90 Å². The van der Waals surface area contributed by atoms with Gasteiger partial charge >= 0.3 is 18.2 Å². The number of rotatable bonds is 7. The Morgan fingerprint density at radius 3 is 2.62 bits per heavy atom. The van der Waals surface area contributed by atoms with Crippen molar-refractivity contribution in [3.63, 3.8) is 0 Å². The molecule has 0 aromatic heterocycles. The van der Waals surface area contributed by atoms with Crippen LogP contribution >= 0.6 is 11.8 Å². The first-order valence-corrected chi connectivity index (χ1v) is 10.7. The van der Waals surface area contributed by atoms with Gasteiger partial charge in [-0.2, -0.15) is 13.2 Å². The summed E-state index contributed by atoms with van der Waals surface area (Å²) in [5.41, 5.74) is -1.26. The molecule has 1 aliphatic rings. The number of anilines is 1. The summed E-state index contributed by atoms with van der Waals surface area (Å²) in [6.07, 6.45) is -2.40. The third-order valence-corrected chi connectivity index (χ3v) is 5.80. The molecule has 0 bridgehead atoms. The van der Waals surface area contributed by atoms with Crippen molar-refractivity contribution in [2.24, 2.45) is 5.92 Å². The molecule has 1 fully saturated rings. The monoisotopic (exact) mass is 432 g/mol. The van der Waals surface area contributed by atoms with E-state index in [1.165, 1.54) is 34.9 Å². The summed E-state index contributed by atoms with van der Waals surface area (Å²) in [7, 11) is 0. The van der Waals surface area contributed by atoms with Gasteiger partial charge in [0, 0.05) is 5.75 Å². The molecule has 0 radical (unpaired) electrons. The Bertz CT molecular complexity index is 712. The highest BCUT2D eigenvalue weighted by atomic mass is 32.2. The quantitative estimate of drug-likeness (QED) is 0.465. The Labute approximate surface area is 173 Å². The van der Waals surface area contributed by atoms with E-state index in [0.29, 0.717) is 18.6 Å². The number of carbonyl (C=O) groups is 2. The minimum Gasteiger partial charge on any atom is -0.464 e. The van der Waals surface area contributed by atoms with Crippen molar-refractivity contribution in [3.8, 4) is 0 Å². The molecule has 1 aromatic rings. The molecule has 0 saturated carbocycles. The van der Waals surface area contributed by atoms with Crippen LogP contribution < -0.4 is 5.32 Å². The molecule has 0 aliphatic carbocycles. The number of unbranched alkanes of at least 4 members (excludes halogenated alkanes) is 1. The number of nitrogens with one attached hydrogen (secondary N) is 1. The van der Waals surface area contributed by atoms with E-state index in [-0.39, 0.29) is 23.6 Å². The lowest BCUT2D eigenvalue weighted by molar-refractivity contribution is -0.148. The lowest BCUT2D eigenvalue weighted by Crippen LogP contribution is -2.48. The first-order chi connectivity index (χ1) is 13.6. The molecule has 1 saturated heterocycles. The predicted octanol–water partition coefficient (Wildman–Crippen LogP) is 5.37. The second-order valence-corrected chi connectivity index (χ2v) is 8.55. The van der Waals surface area contributed by atoms with E-state index >= 15 is 0 Å². The first-order valence-electron chi connectivity index (χ1n) is 9.68. The fourth-order valence-corrected chi connectivity index (χ4v) is 4.66. The number of thioether (sulfide) groups is 1. The number of esters is 1. The predicted molar refractivity (Wildman–Crippen MR) is 108 cm³/mol. The topological polar surface area (TPSA) is 58.6 Å². The number of hydrogen-bond acceptors (Lipinski definition) is 4. The SMILES string of the molecule is CCCCOC(=O)C1CSC(CC(C)C)N1C(=O)Nc1ccccc1C(F)(F)F. The highest BCUT2D eigenvalue weighted by Crippen LogP contribution is 2.37. The lowest BCUT2D eigenvalue weighted by Gasteiger charge is -2.29. The van der Waals surface area contributed by atoms with Crippen LogP contribution in [0.15, 0.2) is 24.3 Å².